The molecule has 3 N–H and O–H groups in total. The second-order valence-corrected chi connectivity index (χ2v) is 7.49. The van der Waals surface area contributed by atoms with Crippen LogP contribution in [0.3, 0.4) is 0 Å². The molecular formula is C14H22N4O4S. The fourth-order valence-electron chi connectivity index (χ4n) is 2.09. The zero-order valence-electron chi connectivity index (χ0n) is 13.6. The van der Waals surface area contributed by atoms with Gasteiger partial charge in [-0.15, -0.1) is 11.3 Å². The smallest absolute Gasteiger partial charge is 0.410 e. The highest BCUT2D eigenvalue weighted by Crippen LogP contribution is 2.26. The molecule has 0 saturated carbocycles. The molecule has 2 rings (SSSR count). The van der Waals surface area contributed by atoms with E-state index < -0.39 is 29.4 Å². The van der Waals surface area contributed by atoms with Gasteiger partial charge >= 0.3 is 12.1 Å². The maximum Gasteiger partial charge on any atom is 0.410 e. The van der Waals surface area contributed by atoms with Crippen LogP contribution < -0.4 is 10.6 Å². The number of carbonyl (C=O) groups excluding carboxylic acids is 2. The number of rotatable bonds is 3. The minimum absolute atomic E-state index is 0.112. The molecule has 1 atom stereocenters. The van der Waals surface area contributed by atoms with Crippen molar-refractivity contribution >= 4 is 28.6 Å². The summed E-state index contributed by atoms with van der Waals surface area (Å²) in [5.41, 5.74) is -1.75. The predicted octanol–water partition coefficient (Wildman–Crippen LogP) is 1.63. The summed E-state index contributed by atoms with van der Waals surface area (Å²) in [7, 11) is 0. The number of nitrogens with zero attached hydrogens (tertiary/aromatic N) is 2. The molecular weight excluding hydrogens is 320 g/mol. The number of likely N-dealkylation sites (tertiary alicyclic amines) is 1. The van der Waals surface area contributed by atoms with Gasteiger partial charge in [0.05, 0.1) is 19.1 Å². The van der Waals surface area contributed by atoms with Crippen LogP contribution in [0.5, 0.6) is 0 Å². The van der Waals surface area contributed by atoms with Crippen molar-refractivity contribution in [1.82, 2.24) is 15.2 Å². The molecule has 1 aliphatic rings. The molecule has 1 aliphatic heterocycles. The Hall–Kier alpha value is -1.87. The molecule has 2 heterocycles. The molecule has 0 bridgehead atoms. The minimum atomic E-state index is -1.17. The maximum absolute atomic E-state index is 11.9. The fraction of sp³-hybridized carbons (Fsp3) is 0.643. The molecule has 1 fully saturated rings. The van der Waals surface area contributed by atoms with E-state index in [9.17, 15) is 14.7 Å². The predicted molar refractivity (Wildman–Crippen MR) is 86.5 cm³/mol. The Bertz CT molecular complexity index is 564. The van der Waals surface area contributed by atoms with Gasteiger partial charge in [0, 0.05) is 11.6 Å². The van der Waals surface area contributed by atoms with Gasteiger partial charge in [0.25, 0.3) is 0 Å². The van der Waals surface area contributed by atoms with E-state index in [0.29, 0.717) is 5.13 Å². The normalized spacial score (nSPS) is 17.9. The molecule has 1 unspecified atom stereocenters. The van der Waals surface area contributed by atoms with Gasteiger partial charge < -0.3 is 20.1 Å². The Kier molecular flexibility index (Phi) is 4.81. The van der Waals surface area contributed by atoms with E-state index in [1.165, 1.54) is 16.2 Å². The Morgan fingerprint density at radius 2 is 2.13 bits per heavy atom. The maximum atomic E-state index is 11.9. The third-order valence-corrected chi connectivity index (χ3v) is 4.08. The van der Waals surface area contributed by atoms with Gasteiger partial charge in [-0.1, -0.05) is 0 Å². The average Bonchev–Trinajstić information content (AvgIpc) is 2.85. The molecule has 3 amide bonds. The van der Waals surface area contributed by atoms with Crippen LogP contribution in [0.15, 0.2) is 11.6 Å². The number of β-amino-alcohol motifs (C(OH)–C–C–N with tert-alkyl or cyclic N) is 1. The molecule has 8 nitrogen and oxygen atoms in total. The zero-order valence-corrected chi connectivity index (χ0v) is 14.4. The van der Waals surface area contributed by atoms with Gasteiger partial charge in [-0.25, -0.2) is 14.6 Å². The molecule has 1 saturated heterocycles. The van der Waals surface area contributed by atoms with Crippen LogP contribution in [-0.2, 0) is 4.74 Å². The lowest BCUT2D eigenvalue weighted by molar-refractivity contribution is -0.112. The van der Waals surface area contributed by atoms with Crippen LogP contribution in [0.4, 0.5) is 14.7 Å². The van der Waals surface area contributed by atoms with Crippen molar-refractivity contribution < 1.29 is 19.4 Å². The number of thiazole rings is 1. The average molecular weight is 342 g/mol. The molecule has 0 spiro atoms. The number of hydrogen-bond donors (Lipinski definition) is 3. The molecule has 1 aromatic rings. The van der Waals surface area contributed by atoms with Crippen LogP contribution >= 0.6 is 11.3 Å². The lowest BCUT2D eigenvalue weighted by atomic mass is 9.87. The van der Waals surface area contributed by atoms with Crippen LogP contribution in [0, 0.1) is 0 Å². The summed E-state index contributed by atoms with van der Waals surface area (Å²) >= 11 is 1.30. The fourth-order valence-corrected chi connectivity index (χ4v) is 2.62. The summed E-state index contributed by atoms with van der Waals surface area (Å²) in [6.07, 6.45) is 1.11. The SMILES string of the molecule is CC(NC(=O)Nc1nccs1)C1(O)CN(C(=O)OC(C)(C)C)C1. The number of nitrogens with one attached hydrogen (secondary N) is 2. The first-order chi connectivity index (χ1) is 10.6. The number of amides is 3. The van der Waals surface area contributed by atoms with Crippen molar-refractivity contribution in [3.63, 3.8) is 0 Å². The highest BCUT2D eigenvalue weighted by atomic mass is 32.1. The van der Waals surface area contributed by atoms with Crippen molar-refractivity contribution in [3.05, 3.63) is 11.6 Å². The van der Waals surface area contributed by atoms with Gasteiger partial charge in [-0.05, 0) is 27.7 Å². The second-order valence-electron chi connectivity index (χ2n) is 6.60. The monoisotopic (exact) mass is 342 g/mol. The Balaban J connectivity index is 1.81. The van der Waals surface area contributed by atoms with Crippen LogP contribution in [0.1, 0.15) is 27.7 Å². The third kappa shape index (κ3) is 4.55. The van der Waals surface area contributed by atoms with Gasteiger partial charge in [0.15, 0.2) is 5.13 Å². The Morgan fingerprint density at radius 1 is 1.48 bits per heavy atom. The summed E-state index contributed by atoms with van der Waals surface area (Å²) in [5, 5.41) is 17.9. The quantitative estimate of drug-likeness (QED) is 0.775. The van der Waals surface area contributed by atoms with Gasteiger partial charge in [-0.2, -0.15) is 0 Å². The van der Waals surface area contributed by atoms with E-state index in [2.05, 4.69) is 15.6 Å². The molecule has 128 valence electrons. The van der Waals surface area contributed by atoms with Gasteiger partial charge in [0.2, 0.25) is 0 Å². The summed E-state index contributed by atoms with van der Waals surface area (Å²) in [5.74, 6) is 0. The molecule has 0 aromatic carbocycles. The number of carbonyl (C=O) groups is 2. The van der Waals surface area contributed by atoms with E-state index >= 15 is 0 Å². The van der Waals surface area contributed by atoms with E-state index in [-0.39, 0.29) is 13.1 Å². The van der Waals surface area contributed by atoms with Crippen molar-refractivity contribution in [2.24, 2.45) is 0 Å². The third-order valence-electron chi connectivity index (χ3n) is 3.39. The Morgan fingerprint density at radius 3 is 2.65 bits per heavy atom. The van der Waals surface area contributed by atoms with Crippen molar-refractivity contribution in [2.45, 2.75) is 44.9 Å². The highest BCUT2D eigenvalue weighted by molar-refractivity contribution is 7.13. The lowest BCUT2D eigenvalue weighted by Gasteiger charge is -2.49. The first kappa shape index (κ1) is 17.5. The molecule has 0 aliphatic carbocycles. The lowest BCUT2D eigenvalue weighted by Crippen LogP contribution is -2.71. The number of hydrogen-bond acceptors (Lipinski definition) is 6. The number of anilines is 1. The molecule has 9 heteroatoms. The standard InChI is InChI=1S/C14H22N4O4S/c1-9(16-10(19)17-11-15-5-6-23-11)14(21)7-18(8-14)12(20)22-13(2,3)4/h5-6,9,21H,7-8H2,1-4H3,(H2,15,16,17,19). The number of aromatic nitrogens is 1. The van der Waals surface area contributed by atoms with Crippen molar-refractivity contribution in [3.8, 4) is 0 Å². The van der Waals surface area contributed by atoms with Gasteiger partial charge in [-0.3, -0.25) is 5.32 Å². The molecule has 1 aromatic heterocycles. The largest absolute Gasteiger partial charge is 0.444 e. The molecule has 0 radical (unpaired) electrons. The minimum Gasteiger partial charge on any atom is -0.444 e. The highest BCUT2D eigenvalue weighted by Gasteiger charge is 2.49. The topological polar surface area (TPSA) is 104 Å². The first-order valence-electron chi connectivity index (χ1n) is 7.26. The Labute approximate surface area is 138 Å². The zero-order chi connectivity index (χ0) is 17.3. The summed E-state index contributed by atoms with van der Waals surface area (Å²) in [6.45, 7) is 7.26. The summed E-state index contributed by atoms with van der Waals surface area (Å²) < 4.78 is 5.24. The number of aliphatic hydroxyl groups is 1. The number of ether oxygens (including phenoxy) is 1. The van der Waals surface area contributed by atoms with Crippen LogP contribution in [-0.4, -0.2) is 57.4 Å². The van der Waals surface area contributed by atoms with E-state index in [1.807, 2.05) is 0 Å². The second kappa shape index (κ2) is 6.32. The van der Waals surface area contributed by atoms with Gasteiger partial charge in [0.1, 0.15) is 11.2 Å². The van der Waals surface area contributed by atoms with Crippen molar-refractivity contribution in [1.29, 1.82) is 0 Å². The van der Waals surface area contributed by atoms with Crippen molar-refractivity contribution in [2.75, 3.05) is 18.4 Å². The number of urea groups is 1. The summed E-state index contributed by atoms with van der Waals surface area (Å²) in [6, 6.07) is -0.974. The van der Waals surface area contributed by atoms with Crippen LogP contribution in [0.25, 0.3) is 0 Å². The summed E-state index contributed by atoms with van der Waals surface area (Å²) in [4.78, 5) is 29.1. The van der Waals surface area contributed by atoms with E-state index in [4.69, 9.17) is 4.74 Å². The van der Waals surface area contributed by atoms with Crippen LogP contribution in [0.2, 0.25) is 0 Å². The van der Waals surface area contributed by atoms with E-state index in [0.717, 1.165) is 0 Å². The molecule has 23 heavy (non-hydrogen) atoms. The first-order valence-corrected chi connectivity index (χ1v) is 8.14. The van der Waals surface area contributed by atoms with E-state index in [1.54, 1.807) is 39.3 Å².